The Hall–Kier alpha value is -6.64. The van der Waals surface area contributed by atoms with Gasteiger partial charge in [0.25, 0.3) is 0 Å². The lowest BCUT2D eigenvalue weighted by molar-refractivity contribution is 1.16. The Morgan fingerprint density at radius 3 is 1.40 bits per heavy atom. The first-order valence-corrected chi connectivity index (χ1v) is 17.2. The molecule has 234 valence electrons. The zero-order valence-corrected chi connectivity index (χ0v) is 27.4. The average molecular weight is 637 g/mol. The summed E-state index contributed by atoms with van der Waals surface area (Å²) in [5.41, 5.74) is 14.4. The first kappa shape index (κ1) is 28.4. The molecule has 0 aliphatic carbocycles. The zero-order chi connectivity index (χ0) is 33.0. The first-order valence-electron chi connectivity index (χ1n) is 17.2. The highest BCUT2D eigenvalue weighted by Crippen LogP contribution is 2.41. The van der Waals surface area contributed by atoms with Gasteiger partial charge in [0, 0.05) is 32.9 Å². The lowest BCUT2D eigenvalue weighted by Crippen LogP contribution is -1.96. The quantitative estimate of drug-likeness (QED) is 0.178. The van der Waals surface area contributed by atoms with Crippen LogP contribution in [-0.2, 0) is 0 Å². The molecule has 0 saturated carbocycles. The molecule has 0 aliphatic rings. The fraction of sp³-hybridized carbons (Fsp3) is 0. The second-order valence-corrected chi connectivity index (χ2v) is 13.0. The highest BCUT2D eigenvalue weighted by molar-refractivity contribution is 6.19. The van der Waals surface area contributed by atoms with Crippen molar-refractivity contribution in [3.8, 4) is 44.8 Å². The van der Waals surface area contributed by atoms with Crippen LogP contribution in [-0.4, -0.2) is 9.13 Å². The van der Waals surface area contributed by atoms with E-state index in [9.17, 15) is 0 Å². The summed E-state index contributed by atoms with van der Waals surface area (Å²) in [5, 5.41) is 5.01. The molecule has 0 aliphatic heterocycles. The van der Waals surface area contributed by atoms with Gasteiger partial charge in [-0.05, 0) is 94.0 Å². The standard InChI is InChI=1S/C48H32N2/c1-4-14-33(15-5-1)35-18-12-19-36(28-35)37-20-13-23-40(29-37)50-46-27-26-38(34-16-6-2-7-17-34)30-42(46)44-31-43-41-24-10-11-25-45(41)49(47(43)32-48(44)50)39-21-8-3-9-22-39/h1-32H. The average Bonchev–Trinajstić information content (AvgIpc) is 3.69. The topological polar surface area (TPSA) is 9.86 Å². The monoisotopic (exact) mass is 636 g/mol. The van der Waals surface area contributed by atoms with E-state index in [1.165, 1.54) is 77.0 Å². The third-order valence-electron chi connectivity index (χ3n) is 10.1. The predicted molar refractivity (Wildman–Crippen MR) is 211 cm³/mol. The Morgan fingerprint density at radius 1 is 0.220 bits per heavy atom. The summed E-state index contributed by atoms with van der Waals surface area (Å²) in [6, 6.07) is 70.4. The maximum Gasteiger partial charge on any atom is 0.0562 e. The summed E-state index contributed by atoms with van der Waals surface area (Å²) in [5.74, 6) is 0. The Labute approximate surface area is 290 Å². The van der Waals surface area contributed by atoms with Gasteiger partial charge in [-0.2, -0.15) is 0 Å². The molecule has 10 aromatic rings. The van der Waals surface area contributed by atoms with Crippen LogP contribution in [0.4, 0.5) is 0 Å². The van der Waals surface area contributed by atoms with Crippen LogP contribution < -0.4 is 0 Å². The molecule has 0 unspecified atom stereocenters. The van der Waals surface area contributed by atoms with Crippen molar-refractivity contribution in [2.24, 2.45) is 0 Å². The van der Waals surface area contributed by atoms with E-state index in [4.69, 9.17) is 0 Å². The van der Waals surface area contributed by atoms with E-state index in [1.807, 2.05) is 0 Å². The maximum atomic E-state index is 2.45. The molecular formula is C48H32N2. The van der Waals surface area contributed by atoms with Gasteiger partial charge >= 0.3 is 0 Å². The SMILES string of the molecule is c1ccc(-c2cccc(-c3cccc(-n4c5ccc(-c6ccccc6)cc5c5cc6c7ccccc7n(-c7ccccc7)c6cc54)c3)c2)cc1. The van der Waals surface area contributed by atoms with Crippen LogP contribution in [0.25, 0.3) is 88.4 Å². The molecule has 0 atom stereocenters. The number of aromatic nitrogens is 2. The molecule has 10 rings (SSSR count). The van der Waals surface area contributed by atoms with Gasteiger partial charge in [0.05, 0.1) is 22.1 Å². The number of fused-ring (bicyclic) bond motifs is 6. The maximum absolute atomic E-state index is 2.45. The highest BCUT2D eigenvalue weighted by Gasteiger charge is 2.19. The van der Waals surface area contributed by atoms with E-state index < -0.39 is 0 Å². The van der Waals surface area contributed by atoms with Crippen molar-refractivity contribution in [2.75, 3.05) is 0 Å². The van der Waals surface area contributed by atoms with Crippen LogP contribution >= 0.6 is 0 Å². The van der Waals surface area contributed by atoms with Crippen molar-refractivity contribution in [1.82, 2.24) is 9.13 Å². The second-order valence-electron chi connectivity index (χ2n) is 13.0. The zero-order valence-electron chi connectivity index (χ0n) is 27.4. The first-order chi connectivity index (χ1) is 24.8. The van der Waals surface area contributed by atoms with Crippen molar-refractivity contribution in [1.29, 1.82) is 0 Å². The fourth-order valence-electron chi connectivity index (χ4n) is 7.76. The lowest BCUT2D eigenvalue weighted by atomic mass is 9.99. The fourth-order valence-corrected chi connectivity index (χ4v) is 7.76. The number of para-hydroxylation sites is 2. The number of nitrogens with zero attached hydrogens (tertiary/aromatic N) is 2. The summed E-state index contributed by atoms with van der Waals surface area (Å²) in [6.45, 7) is 0. The Bertz CT molecular complexity index is 2840. The molecule has 8 aromatic carbocycles. The van der Waals surface area contributed by atoms with Crippen LogP contribution in [0.2, 0.25) is 0 Å². The molecule has 0 amide bonds. The molecule has 0 saturated heterocycles. The molecule has 0 spiro atoms. The van der Waals surface area contributed by atoms with Gasteiger partial charge < -0.3 is 9.13 Å². The number of hydrogen-bond donors (Lipinski definition) is 0. The van der Waals surface area contributed by atoms with Gasteiger partial charge in [-0.25, -0.2) is 0 Å². The molecule has 0 radical (unpaired) electrons. The summed E-state index contributed by atoms with van der Waals surface area (Å²) < 4.78 is 4.86. The molecule has 0 N–H and O–H groups in total. The molecular weight excluding hydrogens is 605 g/mol. The van der Waals surface area contributed by atoms with Crippen LogP contribution in [0.5, 0.6) is 0 Å². The van der Waals surface area contributed by atoms with Crippen molar-refractivity contribution in [3.05, 3.63) is 194 Å². The molecule has 0 fully saturated rings. The van der Waals surface area contributed by atoms with E-state index in [2.05, 4.69) is 203 Å². The molecule has 2 heterocycles. The van der Waals surface area contributed by atoms with Crippen LogP contribution in [0.15, 0.2) is 194 Å². The molecule has 2 aromatic heterocycles. The Balaban J connectivity index is 1.25. The number of hydrogen-bond acceptors (Lipinski definition) is 0. The van der Waals surface area contributed by atoms with E-state index in [1.54, 1.807) is 0 Å². The summed E-state index contributed by atoms with van der Waals surface area (Å²) in [7, 11) is 0. The highest BCUT2D eigenvalue weighted by atomic mass is 15.0. The minimum absolute atomic E-state index is 1.14. The van der Waals surface area contributed by atoms with Gasteiger partial charge in [0.2, 0.25) is 0 Å². The van der Waals surface area contributed by atoms with Crippen LogP contribution in [0.1, 0.15) is 0 Å². The second kappa shape index (κ2) is 11.5. The largest absolute Gasteiger partial charge is 0.309 e. The molecule has 50 heavy (non-hydrogen) atoms. The van der Waals surface area contributed by atoms with Gasteiger partial charge in [-0.15, -0.1) is 0 Å². The van der Waals surface area contributed by atoms with Gasteiger partial charge in [-0.1, -0.05) is 133 Å². The Morgan fingerprint density at radius 2 is 0.680 bits per heavy atom. The molecule has 2 nitrogen and oxygen atoms in total. The molecule has 2 heteroatoms. The van der Waals surface area contributed by atoms with Gasteiger partial charge in [-0.3, -0.25) is 0 Å². The van der Waals surface area contributed by atoms with Crippen molar-refractivity contribution >= 4 is 43.6 Å². The van der Waals surface area contributed by atoms with E-state index in [0.717, 1.165) is 11.4 Å². The van der Waals surface area contributed by atoms with Crippen molar-refractivity contribution < 1.29 is 0 Å². The van der Waals surface area contributed by atoms with Crippen LogP contribution in [0.3, 0.4) is 0 Å². The third-order valence-corrected chi connectivity index (χ3v) is 10.1. The van der Waals surface area contributed by atoms with Gasteiger partial charge in [0.1, 0.15) is 0 Å². The van der Waals surface area contributed by atoms with Crippen LogP contribution in [0, 0.1) is 0 Å². The van der Waals surface area contributed by atoms with E-state index in [0.29, 0.717) is 0 Å². The number of rotatable bonds is 5. The summed E-state index contributed by atoms with van der Waals surface area (Å²) in [4.78, 5) is 0. The van der Waals surface area contributed by atoms with E-state index >= 15 is 0 Å². The Kier molecular flexibility index (Phi) is 6.53. The normalized spacial score (nSPS) is 11.6. The smallest absolute Gasteiger partial charge is 0.0562 e. The summed E-state index contributed by atoms with van der Waals surface area (Å²) in [6.07, 6.45) is 0. The summed E-state index contributed by atoms with van der Waals surface area (Å²) >= 11 is 0. The predicted octanol–water partition coefficient (Wildman–Crippen LogP) is 12.9. The van der Waals surface area contributed by atoms with Gasteiger partial charge in [0.15, 0.2) is 0 Å². The van der Waals surface area contributed by atoms with E-state index in [-0.39, 0.29) is 0 Å². The minimum Gasteiger partial charge on any atom is -0.309 e. The minimum atomic E-state index is 1.14. The van der Waals surface area contributed by atoms with Crippen molar-refractivity contribution in [3.63, 3.8) is 0 Å². The lowest BCUT2D eigenvalue weighted by Gasteiger charge is -2.12. The molecule has 0 bridgehead atoms. The van der Waals surface area contributed by atoms with Crippen molar-refractivity contribution in [2.45, 2.75) is 0 Å². The number of benzene rings is 8. The third kappa shape index (κ3) is 4.57.